The van der Waals surface area contributed by atoms with Crippen LogP contribution in [-0.4, -0.2) is 88.2 Å². The zero-order valence-electron chi connectivity index (χ0n) is 16.1. The first-order valence-electron chi connectivity index (χ1n) is 9.14. The number of rotatable bonds is 12. The van der Waals surface area contributed by atoms with E-state index in [9.17, 15) is 4.79 Å². The van der Waals surface area contributed by atoms with Gasteiger partial charge in [-0.15, -0.1) is 24.0 Å². The summed E-state index contributed by atoms with van der Waals surface area (Å²) in [6.45, 7) is 9.06. The highest BCUT2D eigenvalue weighted by Crippen LogP contribution is 2.09. The van der Waals surface area contributed by atoms with Gasteiger partial charge in [0.1, 0.15) is 0 Å². The van der Waals surface area contributed by atoms with E-state index >= 15 is 0 Å². The Morgan fingerprint density at radius 3 is 2.76 bits per heavy atom. The van der Waals surface area contributed by atoms with Crippen LogP contribution >= 0.6 is 24.0 Å². The molecule has 0 aliphatic carbocycles. The van der Waals surface area contributed by atoms with Gasteiger partial charge in [0.2, 0.25) is 5.91 Å². The molecule has 1 heterocycles. The maximum Gasteiger partial charge on any atom is 0.222 e. The van der Waals surface area contributed by atoms with E-state index in [1.54, 1.807) is 7.11 Å². The van der Waals surface area contributed by atoms with Crippen molar-refractivity contribution in [3.8, 4) is 0 Å². The molecule has 8 heteroatoms. The average Bonchev–Trinajstić information content (AvgIpc) is 2.97. The maximum atomic E-state index is 11.6. The minimum absolute atomic E-state index is 0. The van der Waals surface area contributed by atoms with Crippen LogP contribution in [0.2, 0.25) is 0 Å². The molecule has 1 fully saturated rings. The number of halogens is 1. The highest BCUT2D eigenvalue weighted by Gasteiger charge is 2.18. The standard InChI is InChI=1S/C17H35N5O2.HI/c1-4-18-17(20-10-14-21(2)11-7-15-24-3)19-9-6-13-22-12-5-8-16(22)23;/h4-15H2,1-3H3,(H2,18,19,20);1H. The fraction of sp³-hybridized carbons (Fsp3) is 0.882. The van der Waals surface area contributed by atoms with Crippen LogP contribution in [0.5, 0.6) is 0 Å². The molecular weight excluding hydrogens is 433 g/mol. The number of likely N-dealkylation sites (N-methyl/N-ethyl adjacent to an activating group) is 1. The Bertz CT molecular complexity index is 382. The minimum Gasteiger partial charge on any atom is -0.385 e. The van der Waals surface area contributed by atoms with Crippen LogP contribution in [0, 0.1) is 0 Å². The molecule has 0 aromatic carbocycles. The number of likely N-dealkylation sites (tertiary alicyclic amines) is 1. The lowest BCUT2D eigenvalue weighted by atomic mass is 10.4. The van der Waals surface area contributed by atoms with Crippen molar-refractivity contribution >= 4 is 35.8 Å². The van der Waals surface area contributed by atoms with E-state index in [4.69, 9.17) is 4.74 Å². The molecule has 0 saturated carbocycles. The second-order valence-corrected chi connectivity index (χ2v) is 6.17. The van der Waals surface area contributed by atoms with Crippen LogP contribution in [0.3, 0.4) is 0 Å². The summed E-state index contributed by atoms with van der Waals surface area (Å²) in [5.41, 5.74) is 0. The Morgan fingerprint density at radius 2 is 2.12 bits per heavy atom. The van der Waals surface area contributed by atoms with Gasteiger partial charge < -0.3 is 25.2 Å². The molecule has 0 bridgehead atoms. The number of carbonyl (C=O) groups is 1. The zero-order valence-corrected chi connectivity index (χ0v) is 18.4. The molecule has 148 valence electrons. The van der Waals surface area contributed by atoms with Gasteiger partial charge in [0.25, 0.3) is 0 Å². The van der Waals surface area contributed by atoms with Gasteiger partial charge in [-0.25, -0.2) is 0 Å². The Balaban J connectivity index is 0.00000576. The van der Waals surface area contributed by atoms with Crippen molar-refractivity contribution in [1.82, 2.24) is 20.4 Å². The lowest BCUT2D eigenvalue weighted by Gasteiger charge is -2.18. The van der Waals surface area contributed by atoms with Crippen molar-refractivity contribution in [1.29, 1.82) is 0 Å². The van der Waals surface area contributed by atoms with E-state index in [-0.39, 0.29) is 24.0 Å². The van der Waals surface area contributed by atoms with Gasteiger partial charge in [-0.05, 0) is 33.2 Å². The first-order chi connectivity index (χ1) is 11.7. The number of hydrogen-bond acceptors (Lipinski definition) is 4. The summed E-state index contributed by atoms with van der Waals surface area (Å²) in [6.07, 6.45) is 3.69. The molecule has 1 aliphatic rings. The molecule has 1 rings (SSSR count). The predicted octanol–water partition coefficient (Wildman–Crippen LogP) is 1.14. The van der Waals surface area contributed by atoms with E-state index in [1.165, 1.54) is 0 Å². The van der Waals surface area contributed by atoms with Crippen molar-refractivity contribution in [2.75, 3.05) is 66.6 Å². The summed E-state index contributed by atoms with van der Waals surface area (Å²) in [5, 5.41) is 6.63. The topological polar surface area (TPSA) is 69.2 Å². The monoisotopic (exact) mass is 469 g/mol. The molecule has 0 aromatic rings. The summed E-state index contributed by atoms with van der Waals surface area (Å²) in [7, 11) is 3.86. The summed E-state index contributed by atoms with van der Waals surface area (Å²) in [5.74, 6) is 1.15. The van der Waals surface area contributed by atoms with Crippen molar-refractivity contribution in [2.24, 2.45) is 4.99 Å². The molecule has 25 heavy (non-hydrogen) atoms. The minimum atomic E-state index is 0. The van der Waals surface area contributed by atoms with E-state index in [1.807, 2.05) is 4.90 Å². The van der Waals surface area contributed by atoms with Gasteiger partial charge in [-0.1, -0.05) is 0 Å². The summed E-state index contributed by atoms with van der Waals surface area (Å²) >= 11 is 0. The van der Waals surface area contributed by atoms with Gasteiger partial charge in [-0.2, -0.15) is 0 Å². The van der Waals surface area contributed by atoms with Gasteiger partial charge in [0.15, 0.2) is 5.96 Å². The third kappa shape index (κ3) is 11.6. The van der Waals surface area contributed by atoms with Crippen LogP contribution in [0.15, 0.2) is 4.99 Å². The van der Waals surface area contributed by atoms with Crippen molar-refractivity contribution in [3.05, 3.63) is 0 Å². The summed E-state index contributed by atoms with van der Waals surface area (Å²) < 4.78 is 5.07. The zero-order chi connectivity index (χ0) is 17.6. The molecule has 0 unspecified atom stereocenters. The highest BCUT2D eigenvalue weighted by molar-refractivity contribution is 14.0. The lowest BCUT2D eigenvalue weighted by Crippen LogP contribution is -2.41. The van der Waals surface area contributed by atoms with Gasteiger partial charge in [0, 0.05) is 66.0 Å². The molecular formula is C17H36IN5O2. The van der Waals surface area contributed by atoms with Crippen LogP contribution in [-0.2, 0) is 9.53 Å². The summed E-state index contributed by atoms with van der Waals surface area (Å²) in [4.78, 5) is 20.4. The number of carbonyl (C=O) groups excluding carboxylic acids is 1. The van der Waals surface area contributed by atoms with Crippen molar-refractivity contribution in [2.45, 2.75) is 32.6 Å². The fourth-order valence-corrected chi connectivity index (χ4v) is 2.69. The largest absolute Gasteiger partial charge is 0.385 e. The molecule has 1 saturated heterocycles. The Hall–Kier alpha value is -0.610. The first-order valence-corrected chi connectivity index (χ1v) is 9.14. The molecule has 1 amide bonds. The molecule has 1 aliphatic heterocycles. The Morgan fingerprint density at radius 1 is 1.32 bits per heavy atom. The average molecular weight is 469 g/mol. The molecule has 2 N–H and O–H groups in total. The summed E-state index contributed by atoms with van der Waals surface area (Å²) in [6, 6.07) is 0. The Labute approximate surface area is 170 Å². The van der Waals surface area contributed by atoms with Crippen molar-refractivity contribution in [3.63, 3.8) is 0 Å². The Kier molecular flexibility index (Phi) is 15.2. The van der Waals surface area contributed by atoms with Crippen LogP contribution in [0.25, 0.3) is 0 Å². The van der Waals surface area contributed by atoms with E-state index in [0.717, 1.165) is 77.6 Å². The van der Waals surface area contributed by atoms with E-state index in [0.29, 0.717) is 12.3 Å². The van der Waals surface area contributed by atoms with E-state index < -0.39 is 0 Å². The molecule has 0 radical (unpaired) electrons. The number of aliphatic imine (C=N–C) groups is 1. The number of hydrogen-bond donors (Lipinski definition) is 2. The first kappa shape index (κ1) is 24.4. The third-order valence-corrected chi connectivity index (χ3v) is 4.05. The van der Waals surface area contributed by atoms with Crippen LogP contribution < -0.4 is 10.6 Å². The van der Waals surface area contributed by atoms with Crippen LogP contribution in [0.1, 0.15) is 32.6 Å². The fourth-order valence-electron chi connectivity index (χ4n) is 2.69. The lowest BCUT2D eigenvalue weighted by molar-refractivity contribution is -0.127. The predicted molar refractivity (Wildman–Crippen MR) is 114 cm³/mol. The van der Waals surface area contributed by atoms with Gasteiger partial charge in [0.05, 0.1) is 0 Å². The second kappa shape index (κ2) is 15.6. The number of nitrogens with one attached hydrogen (secondary N) is 2. The second-order valence-electron chi connectivity index (χ2n) is 6.17. The normalized spacial score (nSPS) is 14.8. The highest BCUT2D eigenvalue weighted by atomic mass is 127. The maximum absolute atomic E-state index is 11.6. The molecule has 7 nitrogen and oxygen atoms in total. The molecule has 0 aromatic heterocycles. The quantitative estimate of drug-likeness (QED) is 0.194. The number of ether oxygens (including phenoxy) is 1. The SMILES string of the molecule is CCNC(=NCCCN1CCCC1=O)NCCN(C)CCCOC.I. The number of amides is 1. The number of nitrogens with zero attached hydrogens (tertiary/aromatic N) is 3. The van der Waals surface area contributed by atoms with Gasteiger partial charge >= 0.3 is 0 Å². The van der Waals surface area contributed by atoms with E-state index in [2.05, 4.69) is 34.5 Å². The number of methoxy groups -OCH3 is 1. The molecule has 0 spiro atoms. The van der Waals surface area contributed by atoms with Gasteiger partial charge in [-0.3, -0.25) is 9.79 Å². The smallest absolute Gasteiger partial charge is 0.222 e. The third-order valence-electron chi connectivity index (χ3n) is 4.05. The van der Waals surface area contributed by atoms with Crippen molar-refractivity contribution < 1.29 is 9.53 Å². The van der Waals surface area contributed by atoms with Crippen LogP contribution in [0.4, 0.5) is 0 Å². The molecule has 0 atom stereocenters. The number of guanidine groups is 1.